The van der Waals surface area contributed by atoms with Gasteiger partial charge in [0.15, 0.2) is 0 Å². The second kappa shape index (κ2) is 11.5. The van der Waals surface area contributed by atoms with E-state index in [4.69, 9.17) is 19.8 Å². The molecule has 3 rings (SSSR count). The topological polar surface area (TPSA) is 117 Å². The summed E-state index contributed by atoms with van der Waals surface area (Å²) in [5, 5.41) is 22.2. The normalized spacial score (nSPS) is 11.8. The summed E-state index contributed by atoms with van der Waals surface area (Å²) in [5.41, 5.74) is 2.77. The van der Waals surface area contributed by atoms with Crippen molar-refractivity contribution in [1.82, 2.24) is 5.48 Å². The third-order valence-electron chi connectivity index (χ3n) is 4.60. The van der Waals surface area contributed by atoms with Gasteiger partial charge in [-0.25, -0.2) is 10.3 Å². The molecule has 166 valence electrons. The van der Waals surface area contributed by atoms with Gasteiger partial charge < -0.3 is 14.6 Å². The van der Waals surface area contributed by atoms with Crippen molar-refractivity contribution in [2.24, 2.45) is 0 Å². The molecule has 3 aromatic carbocycles. The number of hydrogen-bond donors (Lipinski definition) is 4. The van der Waals surface area contributed by atoms with Gasteiger partial charge in [0.25, 0.3) is 5.91 Å². The SMILES string of the molecule is O=C(/C=C/C[C@H](OC(=O)Nc1cccc2ccccc12)c1cccc(OCCO)c1)NO. The maximum Gasteiger partial charge on any atom is 0.412 e. The molecule has 32 heavy (non-hydrogen) atoms. The molecule has 0 unspecified atom stereocenters. The molecule has 0 saturated heterocycles. The number of aliphatic hydroxyl groups is 1. The molecule has 3 aromatic rings. The molecule has 0 heterocycles. The van der Waals surface area contributed by atoms with E-state index in [1.165, 1.54) is 11.6 Å². The van der Waals surface area contributed by atoms with Gasteiger partial charge in [-0.15, -0.1) is 0 Å². The molecule has 0 spiro atoms. The number of benzene rings is 3. The number of hydroxylamine groups is 1. The predicted molar refractivity (Wildman–Crippen MR) is 120 cm³/mol. The first-order valence-electron chi connectivity index (χ1n) is 10.0. The van der Waals surface area contributed by atoms with Crippen LogP contribution in [0.5, 0.6) is 5.75 Å². The lowest BCUT2D eigenvalue weighted by Gasteiger charge is -2.19. The fraction of sp³-hybridized carbons (Fsp3) is 0.167. The number of carbonyl (C=O) groups excluding carboxylic acids is 2. The molecular weight excluding hydrogens is 412 g/mol. The van der Waals surface area contributed by atoms with Crippen LogP contribution >= 0.6 is 0 Å². The fourth-order valence-corrected chi connectivity index (χ4v) is 3.16. The molecule has 0 aromatic heterocycles. The van der Waals surface area contributed by atoms with E-state index < -0.39 is 18.1 Å². The highest BCUT2D eigenvalue weighted by Gasteiger charge is 2.17. The number of hydrogen-bond acceptors (Lipinski definition) is 6. The van der Waals surface area contributed by atoms with E-state index in [2.05, 4.69) is 5.32 Å². The summed E-state index contributed by atoms with van der Waals surface area (Å²) >= 11 is 0. The summed E-state index contributed by atoms with van der Waals surface area (Å²) in [4.78, 5) is 24.0. The Morgan fingerprint density at radius 2 is 1.81 bits per heavy atom. The minimum atomic E-state index is -0.731. The van der Waals surface area contributed by atoms with Crippen molar-refractivity contribution in [2.75, 3.05) is 18.5 Å². The van der Waals surface area contributed by atoms with Gasteiger partial charge in [-0.1, -0.05) is 54.6 Å². The standard InChI is InChI=1S/C24H24N2O6/c27-14-15-31-19-9-3-8-18(16-19)22(12-5-13-23(28)26-30)32-24(29)25-21-11-4-7-17-6-1-2-10-20(17)21/h1-11,13,16,22,27,30H,12,14-15H2,(H,25,29)(H,26,28)/b13-5+/t22-/m0/s1. The van der Waals surface area contributed by atoms with Crippen molar-refractivity contribution in [3.63, 3.8) is 0 Å². The number of ether oxygens (including phenoxy) is 2. The van der Waals surface area contributed by atoms with Gasteiger partial charge in [-0.05, 0) is 29.1 Å². The smallest absolute Gasteiger partial charge is 0.412 e. The second-order valence-electron chi connectivity index (χ2n) is 6.80. The van der Waals surface area contributed by atoms with Crippen molar-refractivity contribution in [2.45, 2.75) is 12.5 Å². The van der Waals surface area contributed by atoms with Crippen molar-refractivity contribution in [3.8, 4) is 5.75 Å². The van der Waals surface area contributed by atoms with E-state index in [1.54, 1.807) is 30.3 Å². The number of nitrogens with one attached hydrogen (secondary N) is 2. The molecule has 0 radical (unpaired) electrons. The zero-order valence-corrected chi connectivity index (χ0v) is 17.2. The molecule has 0 bridgehead atoms. The molecule has 1 atom stereocenters. The molecular formula is C24H24N2O6. The van der Waals surface area contributed by atoms with Gasteiger partial charge in [0.1, 0.15) is 18.5 Å². The van der Waals surface area contributed by atoms with Crippen LogP contribution in [0.4, 0.5) is 10.5 Å². The van der Waals surface area contributed by atoms with Gasteiger partial charge in [-0.2, -0.15) is 0 Å². The molecule has 0 aliphatic carbocycles. The third-order valence-corrected chi connectivity index (χ3v) is 4.60. The van der Waals surface area contributed by atoms with Gasteiger partial charge >= 0.3 is 6.09 Å². The number of fused-ring (bicyclic) bond motifs is 1. The van der Waals surface area contributed by atoms with E-state index in [9.17, 15) is 9.59 Å². The van der Waals surface area contributed by atoms with Crippen molar-refractivity contribution in [3.05, 3.63) is 84.4 Å². The molecule has 0 saturated carbocycles. The van der Waals surface area contributed by atoms with E-state index in [0.717, 1.165) is 16.8 Å². The van der Waals surface area contributed by atoms with Crippen LogP contribution in [-0.2, 0) is 9.53 Å². The summed E-state index contributed by atoms with van der Waals surface area (Å²) in [6, 6.07) is 20.2. The number of carbonyl (C=O) groups is 2. The highest BCUT2D eigenvalue weighted by atomic mass is 16.6. The highest BCUT2D eigenvalue weighted by Crippen LogP contribution is 2.28. The zero-order chi connectivity index (χ0) is 22.8. The van der Waals surface area contributed by atoms with E-state index in [1.807, 2.05) is 36.4 Å². The highest BCUT2D eigenvalue weighted by molar-refractivity contribution is 6.00. The first-order valence-corrected chi connectivity index (χ1v) is 10.0. The lowest BCUT2D eigenvalue weighted by molar-refractivity contribution is -0.124. The number of anilines is 1. The zero-order valence-electron chi connectivity index (χ0n) is 17.2. The maximum atomic E-state index is 12.7. The van der Waals surface area contributed by atoms with Crippen LogP contribution in [0.2, 0.25) is 0 Å². The van der Waals surface area contributed by atoms with Gasteiger partial charge in [0.2, 0.25) is 0 Å². The van der Waals surface area contributed by atoms with E-state index in [-0.39, 0.29) is 19.6 Å². The van der Waals surface area contributed by atoms with Gasteiger partial charge in [0.05, 0.1) is 12.3 Å². The molecule has 0 aliphatic rings. The van der Waals surface area contributed by atoms with Crippen molar-refractivity contribution < 1.29 is 29.4 Å². The summed E-state index contributed by atoms with van der Waals surface area (Å²) in [5.74, 6) is -0.180. The van der Waals surface area contributed by atoms with Crippen LogP contribution in [0.3, 0.4) is 0 Å². The van der Waals surface area contributed by atoms with Crippen molar-refractivity contribution in [1.29, 1.82) is 0 Å². The summed E-state index contributed by atoms with van der Waals surface area (Å²) < 4.78 is 11.1. The minimum Gasteiger partial charge on any atom is -0.491 e. The average molecular weight is 436 g/mol. The summed E-state index contributed by atoms with van der Waals surface area (Å²) in [7, 11) is 0. The van der Waals surface area contributed by atoms with Gasteiger partial charge in [0, 0.05) is 17.9 Å². The van der Waals surface area contributed by atoms with Crippen LogP contribution in [0.15, 0.2) is 78.9 Å². The summed E-state index contributed by atoms with van der Waals surface area (Å²) in [6.45, 7) is 0.00369. The Kier molecular flexibility index (Phi) is 8.19. The molecule has 0 aliphatic heterocycles. The van der Waals surface area contributed by atoms with Crippen LogP contribution in [0, 0.1) is 0 Å². The number of amides is 2. The Balaban J connectivity index is 1.79. The van der Waals surface area contributed by atoms with Crippen LogP contribution in [0.1, 0.15) is 18.1 Å². The average Bonchev–Trinajstić information content (AvgIpc) is 2.82. The third kappa shape index (κ3) is 6.31. The van der Waals surface area contributed by atoms with E-state index in [0.29, 0.717) is 17.0 Å². The monoisotopic (exact) mass is 436 g/mol. The number of aliphatic hydroxyl groups excluding tert-OH is 1. The first kappa shape index (κ1) is 22.8. The lowest BCUT2D eigenvalue weighted by atomic mass is 10.1. The Morgan fingerprint density at radius 1 is 1.03 bits per heavy atom. The van der Waals surface area contributed by atoms with Crippen molar-refractivity contribution >= 4 is 28.5 Å². The molecule has 2 amide bonds. The predicted octanol–water partition coefficient (Wildman–Crippen LogP) is 3.95. The first-order chi connectivity index (χ1) is 15.6. The minimum absolute atomic E-state index is 0.128. The number of rotatable bonds is 9. The Labute approximate surface area is 185 Å². The van der Waals surface area contributed by atoms with Crippen LogP contribution < -0.4 is 15.5 Å². The lowest BCUT2D eigenvalue weighted by Crippen LogP contribution is -2.18. The molecule has 4 N–H and O–H groups in total. The van der Waals surface area contributed by atoms with E-state index >= 15 is 0 Å². The molecule has 8 nitrogen and oxygen atoms in total. The second-order valence-corrected chi connectivity index (χ2v) is 6.80. The van der Waals surface area contributed by atoms with Crippen LogP contribution in [-0.4, -0.2) is 35.5 Å². The largest absolute Gasteiger partial charge is 0.491 e. The quantitative estimate of drug-likeness (QED) is 0.229. The van der Waals surface area contributed by atoms with Gasteiger partial charge in [-0.3, -0.25) is 15.3 Å². The Morgan fingerprint density at radius 3 is 2.62 bits per heavy atom. The Hall–Kier alpha value is -3.88. The van der Waals surface area contributed by atoms with Crippen LogP contribution in [0.25, 0.3) is 10.8 Å². The maximum absolute atomic E-state index is 12.7. The Bertz CT molecular complexity index is 1090. The fourth-order valence-electron chi connectivity index (χ4n) is 3.16. The molecule has 0 fully saturated rings. The summed E-state index contributed by atoms with van der Waals surface area (Å²) in [6.07, 6.45) is 1.42. The molecule has 8 heteroatoms.